The minimum Gasteiger partial charge on any atom is -0.379 e. The molecular weight excluding hydrogens is 358 g/mol. The van der Waals surface area contributed by atoms with Crippen LogP contribution in [0.1, 0.15) is 19.3 Å². The summed E-state index contributed by atoms with van der Waals surface area (Å²) in [6.07, 6.45) is 2.65. The van der Waals surface area contributed by atoms with Gasteiger partial charge in [-0.1, -0.05) is 12.1 Å². The first kappa shape index (κ1) is 19.2. The maximum atomic E-state index is 12.8. The van der Waals surface area contributed by atoms with Crippen molar-refractivity contribution in [3.8, 4) is 0 Å². The molecule has 0 aromatic heterocycles. The molecule has 2 aliphatic heterocycles. The van der Waals surface area contributed by atoms with Gasteiger partial charge in [0.1, 0.15) is 0 Å². The Kier molecular flexibility index (Phi) is 6.23. The largest absolute Gasteiger partial charge is 0.379 e. The summed E-state index contributed by atoms with van der Waals surface area (Å²) in [7, 11) is -3.83. The zero-order chi connectivity index (χ0) is 18.6. The molecule has 1 aromatic carbocycles. The van der Waals surface area contributed by atoms with Crippen LogP contribution in [0.2, 0.25) is 0 Å². The van der Waals surface area contributed by atoms with Gasteiger partial charge in [-0.3, -0.25) is 15.0 Å². The molecule has 8 nitrogen and oxygen atoms in total. The van der Waals surface area contributed by atoms with E-state index in [1.807, 2.05) is 0 Å². The van der Waals surface area contributed by atoms with Crippen LogP contribution in [0.15, 0.2) is 29.2 Å². The lowest BCUT2D eigenvalue weighted by Gasteiger charge is -2.33. The van der Waals surface area contributed by atoms with Gasteiger partial charge in [-0.2, -0.15) is 4.31 Å². The average Bonchev–Trinajstić information content (AvgIpc) is 2.67. The molecule has 2 aliphatic rings. The summed E-state index contributed by atoms with van der Waals surface area (Å²) in [6, 6.07) is 5.56. The van der Waals surface area contributed by atoms with Gasteiger partial charge < -0.3 is 4.74 Å². The highest BCUT2D eigenvalue weighted by Crippen LogP contribution is 2.30. The Morgan fingerprint density at radius 2 is 1.77 bits per heavy atom. The molecule has 0 amide bonds. The van der Waals surface area contributed by atoms with Gasteiger partial charge in [0, 0.05) is 32.2 Å². The van der Waals surface area contributed by atoms with Crippen LogP contribution in [-0.2, 0) is 14.8 Å². The van der Waals surface area contributed by atoms with Crippen LogP contribution in [0.5, 0.6) is 0 Å². The van der Waals surface area contributed by atoms with Crippen LogP contribution in [0.25, 0.3) is 0 Å². The van der Waals surface area contributed by atoms with Crippen molar-refractivity contribution in [3.63, 3.8) is 0 Å². The molecule has 26 heavy (non-hydrogen) atoms. The van der Waals surface area contributed by atoms with E-state index in [1.54, 1.807) is 0 Å². The van der Waals surface area contributed by atoms with Crippen LogP contribution in [-0.4, -0.2) is 68.5 Å². The highest BCUT2D eigenvalue weighted by Gasteiger charge is 2.33. The number of para-hydroxylation sites is 1. The normalized spacial score (nSPS) is 20.9. The Balaban J connectivity index is 1.58. The molecule has 0 radical (unpaired) electrons. The van der Waals surface area contributed by atoms with Crippen molar-refractivity contribution < 1.29 is 18.1 Å². The molecule has 0 atom stereocenters. The van der Waals surface area contributed by atoms with Gasteiger partial charge in [0.05, 0.1) is 18.1 Å². The third-order valence-corrected chi connectivity index (χ3v) is 7.16. The van der Waals surface area contributed by atoms with Crippen LogP contribution < -0.4 is 0 Å². The van der Waals surface area contributed by atoms with Gasteiger partial charge in [0.15, 0.2) is 4.90 Å². The lowest BCUT2D eigenvalue weighted by molar-refractivity contribution is -0.387. The van der Waals surface area contributed by atoms with E-state index in [0.717, 1.165) is 52.1 Å². The van der Waals surface area contributed by atoms with Crippen molar-refractivity contribution in [1.82, 2.24) is 9.21 Å². The zero-order valence-electron chi connectivity index (χ0n) is 14.7. The van der Waals surface area contributed by atoms with E-state index < -0.39 is 14.9 Å². The molecule has 0 spiro atoms. The first-order chi connectivity index (χ1) is 12.5. The molecule has 0 bridgehead atoms. The SMILES string of the molecule is O=[N+]([O-])c1ccccc1S(=O)(=O)N1CCC(CCN2CCOCC2)CC1. The second-order valence-electron chi connectivity index (χ2n) is 6.81. The Bertz CT molecular complexity index is 726. The molecule has 9 heteroatoms. The Morgan fingerprint density at radius 3 is 2.42 bits per heavy atom. The van der Waals surface area contributed by atoms with E-state index >= 15 is 0 Å². The van der Waals surface area contributed by atoms with Gasteiger partial charge in [-0.15, -0.1) is 0 Å². The number of benzene rings is 1. The third-order valence-electron chi connectivity index (χ3n) is 5.21. The summed E-state index contributed by atoms with van der Waals surface area (Å²) in [5.41, 5.74) is -0.359. The summed E-state index contributed by atoms with van der Waals surface area (Å²) in [5, 5.41) is 11.1. The summed E-state index contributed by atoms with van der Waals surface area (Å²) in [5.74, 6) is 0.495. The number of nitro groups is 1. The van der Waals surface area contributed by atoms with Crippen LogP contribution >= 0.6 is 0 Å². The van der Waals surface area contributed by atoms with E-state index in [2.05, 4.69) is 4.90 Å². The molecule has 0 aliphatic carbocycles. The molecule has 2 saturated heterocycles. The lowest BCUT2D eigenvalue weighted by atomic mass is 9.94. The average molecular weight is 383 g/mol. The Hall–Kier alpha value is -1.55. The van der Waals surface area contributed by atoms with Gasteiger partial charge in [0.2, 0.25) is 10.0 Å². The maximum absolute atomic E-state index is 12.8. The number of sulfonamides is 1. The van der Waals surface area contributed by atoms with Crippen molar-refractivity contribution in [2.45, 2.75) is 24.2 Å². The Morgan fingerprint density at radius 1 is 1.12 bits per heavy atom. The molecule has 2 heterocycles. The standard InChI is InChI=1S/C17H25N3O5S/c21-20(22)16-3-1-2-4-17(16)26(23,24)19-9-6-15(7-10-19)5-8-18-11-13-25-14-12-18/h1-4,15H,5-14H2. The first-order valence-electron chi connectivity index (χ1n) is 9.02. The summed E-state index contributed by atoms with van der Waals surface area (Å²) in [4.78, 5) is 12.7. The molecule has 144 valence electrons. The van der Waals surface area contributed by atoms with E-state index in [4.69, 9.17) is 4.74 Å². The summed E-state index contributed by atoms with van der Waals surface area (Å²) >= 11 is 0. The number of piperidine rings is 1. The molecule has 2 fully saturated rings. The summed E-state index contributed by atoms with van der Waals surface area (Å²) < 4.78 is 32.4. The predicted octanol–water partition coefficient (Wildman–Crippen LogP) is 1.72. The highest BCUT2D eigenvalue weighted by atomic mass is 32.2. The number of hydrogen-bond acceptors (Lipinski definition) is 6. The van der Waals surface area contributed by atoms with E-state index in [0.29, 0.717) is 19.0 Å². The fourth-order valence-electron chi connectivity index (χ4n) is 3.59. The second-order valence-corrected chi connectivity index (χ2v) is 8.72. The van der Waals surface area contributed by atoms with E-state index in [-0.39, 0.29) is 10.6 Å². The van der Waals surface area contributed by atoms with Gasteiger partial charge in [-0.05, 0) is 37.8 Å². The van der Waals surface area contributed by atoms with Crippen molar-refractivity contribution in [1.29, 1.82) is 0 Å². The summed E-state index contributed by atoms with van der Waals surface area (Å²) in [6.45, 7) is 5.35. The minimum atomic E-state index is -3.83. The van der Waals surface area contributed by atoms with Crippen molar-refractivity contribution >= 4 is 15.7 Å². The monoisotopic (exact) mass is 383 g/mol. The quantitative estimate of drug-likeness (QED) is 0.548. The van der Waals surface area contributed by atoms with Crippen molar-refractivity contribution in [2.75, 3.05) is 45.9 Å². The van der Waals surface area contributed by atoms with Gasteiger partial charge >= 0.3 is 0 Å². The number of nitrogens with zero attached hydrogens (tertiary/aromatic N) is 3. The lowest BCUT2D eigenvalue weighted by Crippen LogP contribution is -2.40. The predicted molar refractivity (Wildman–Crippen MR) is 96.5 cm³/mol. The minimum absolute atomic E-state index is 0.211. The van der Waals surface area contributed by atoms with Crippen molar-refractivity contribution in [3.05, 3.63) is 34.4 Å². The van der Waals surface area contributed by atoms with E-state index in [1.165, 1.54) is 28.6 Å². The smallest absolute Gasteiger partial charge is 0.289 e. The second kappa shape index (κ2) is 8.43. The topological polar surface area (TPSA) is 93.0 Å². The highest BCUT2D eigenvalue weighted by molar-refractivity contribution is 7.89. The molecule has 0 saturated carbocycles. The molecule has 0 unspecified atom stereocenters. The third kappa shape index (κ3) is 4.40. The van der Waals surface area contributed by atoms with Crippen LogP contribution in [0, 0.1) is 16.0 Å². The fraction of sp³-hybridized carbons (Fsp3) is 0.647. The number of nitro benzene ring substituents is 1. The van der Waals surface area contributed by atoms with Crippen molar-refractivity contribution in [2.24, 2.45) is 5.92 Å². The zero-order valence-corrected chi connectivity index (χ0v) is 15.6. The molecular formula is C17H25N3O5S. The van der Waals surface area contributed by atoms with Gasteiger partial charge in [-0.25, -0.2) is 8.42 Å². The van der Waals surface area contributed by atoms with Crippen LogP contribution in [0.3, 0.4) is 0 Å². The maximum Gasteiger partial charge on any atom is 0.289 e. The molecule has 1 aromatic rings. The number of ether oxygens (including phenoxy) is 1. The van der Waals surface area contributed by atoms with Crippen LogP contribution in [0.4, 0.5) is 5.69 Å². The fourth-order valence-corrected chi connectivity index (χ4v) is 5.22. The molecule has 0 N–H and O–H groups in total. The van der Waals surface area contributed by atoms with Gasteiger partial charge in [0.25, 0.3) is 5.69 Å². The number of morpholine rings is 1. The Labute approximate surface area is 153 Å². The number of rotatable bonds is 6. The first-order valence-corrected chi connectivity index (χ1v) is 10.5. The molecule has 3 rings (SSSR count). The van der Waals surface area contributed by atoms with E-state index in [9.17, 15) is 18.5 Å². The number of hydrogen-bond donors (Lipinski definition) is 0.